The highest BCUT2D eigenvalue weighted by Gasteiger charge is 2.60. The highest BCUT2D eigenvalue weighted by Crippen LogP contribution is 2.54. The number of anilines is 1. The molecule has 2 aromatic rings. The number of amides is 2. The highest BCUT2D eigenvalue weighted by atomic mass is 19.3. The summed E-state index contributed by atoms with van der Waals surface area (Å²) in [6.07, 6.45) is 0.809. The fourth-order valence-electron chi connectivity index (χ4n) is 5.57. The van der Waals surface area contributed by atoms with Crippen molar-refractivity contribution >= 4 is 23.3 Å². The molecule has 2 amide bonds. The molecule has 12 heteroatoms. The van der Waals surface area contributed by atoms with Crippen LogP contribution in [0.1, 0.15) is 57.4 Å². The summed E-state index contributed by atoms with van der Waals surface area (Å²) in [7, 11) is 0. The van der Waals surface area contributed by atoms with Gasteiger partial charge in [0, 0.05) is 36.5 Å². The van der Waals surface area contributed by atoms with Gasteiger partial charge >= 0.3 is 0 Å². The Labute approximate surface area is 217 Å². The Bertz CT molecular complexity index is 1330. The van der Waals surface area contributed by atoms with Crippen molar-refractivity contribution in [1.82, 2.24) is 15.3 Å². The van der Waals surface area contributed by atoms with Crippen molar-refractivity contribution in [2.24, 2.45) is 17.5 Å². The van der Waals surface area contributed by atoms with Crippen LogP contribution in [0.4, 0.5) is 18.9 Å². The zero-order valence-electron chi connectivity index (χ0n) is 20.7. The molecule has 7 N–H and O–H groups in total. The van der Waals surface area contributed by atoms with Gasteiger partial charge in [-0.1, -0.05) is 0 Å². The third-order valence-electron chi connectivity index (χ3n) is 7.28. The maximum atomic E-state index is 13.8. The lowest BCUT2D eigenvalue weighted by Gasteiger charge is -2.48. The predicted octanol–water partition coefficient (Wildman–Crippen LogP) is 2.84. The molecular formula is C26H29F3N6O3. The molecule has 5 rings (SSSR count). The number of fused-ring (bicyclic) bond motifs is 3. The average molecular weight is 531 g/mol. The lowest BCUT2D eigenvalue weighted by Crippen LogP contribution is -2.66. The van der Waals surface area contributed by atoms with Crippen molar-refractivity contribution in [3.05, 3.63) is 77.7 Å². The van der Waals surface area contributed by atoms with Crippen LogP contribution in [-0.4, -0.2) is 33.6 Å². The summed E-state index contributed by atoms with van der Waals surface area (Å²) in [4.78, 5) is 39.6. The summed E-state index contributed by atoms with van der Waals surface area (Å²) < 4.78 is 42.6. The van der Waals surface area contributed by atoms with Crippen molar-refractivity contribution < 1.29 is 27.6 Å². The molecule has 2 aliphatic carbocycles. The monoisotopic (exact) mass is 530 g/mol. The van der Waals surface area contributed by atoms with Gasteiger partial charge in [0.1, 0.15) is 11.5 Å². The summed E-state index contributed by atoms with van der Waals surface area (Å²) in [5.74, 6) is -0.357. The van der Waals surface area contributed by atoms with Gasteiger partial charge in [-0.25, -0.2) is 13.2 Å². The zero-order chi connectivity index (χ0) is 28.0. The molecule has 2 unspecified atom stereocenters. The molecule has 0 bridgehead atoms. The Morgan fingerprint density at radius 1 is 1.16 bits per heavy atom. The van der Waals surface area contributed by atoms with Crippen LogP contribution in [-0.2, 0) is 11.2 Å². The number of hydrogen-bond acceptors (Lipinski definition) is 6. The fraction of sp³-hybridized carbons (Fsp3) is 0.346. The topological polar surface area (TPSA) is 144 Å². The smallest absolute Gasteiger partial charge is 0.293 e. The molecule has 0 radical (unpaired) electrons. The second-order valence-corrected chi connectivity index (χ2v) is 9.69. The van der Waals surface area contributed by atoms with Crippen LogP contribution in [0, 0.1) is 18.7 Å². The Morgan fingerprint density at radius 2 is 1.79 bits per heavy atom. The molecule has 1 aromatic carbocycles. The number of carbonyl (C=O) groups excluding carboxylic acids is 3. The maximum Gasteiger partial charge on any atom is 0.293 e. The quantitative estimate of drug-likeness (QED) is 0.122. The Hall–Kier alpha value is -4.06. The van der Waals surface area contributed by atoms with Gasteiger partial charge in [-0.05, 0) is 55.5 Å². The summed E-state index contributed by atoms with van der Waals surface area (Å²) in [5.41, 5.74) is 7.66. The number of nitrogens with two attached hydrogens (primary N) is 2. The van der Waals surface area contributed by atoms with Crippen LogP contribution in [0.25, 0.3) is 0 Å². The number of carbonyl (C=O) groups is 3. The van der Waals surface area contributed by atoms with Crippen LogP contribution in [0.2, 0.25) is 0 Å². The standard InChI is InChI=1S/C24H25F3N6O3.C2H4/c1-11-18(20(34)22(36)31-23(17(8-28)32-29)9-24(26,27)10-23)16-7-12-6-15(12)33(16)19(11)21(35)30-14-4-2-13(25)3-5-14;1-2/h2-5,8,12,15,32H,6-7,9-10,28-29H2,1H3,(H,30,35)(H,31,36);1-2H2/b17-8-;. The molecule has 2 heterocycles. The summed E-state index contributed by atoms with van der Waals surface area (Å²) in [6, 6.07) is 5.29. The first-order valence-electron chi connectivity index (χ1n) is 11.9. The number of benzene rings is 1. The normalized spacial score (nSPS) is 21.6. The first kappa shape index (κ1) is 27.0. The molecule has 2 atom stereocenters. The molecule has 2 saturated carbocycles. The second kappa shape index (κ2) is 9.67. The number of nitrogens with one attached hydrogen (secondary N) is 3. The van der Waals surface area contributed by atoms with Gasteiger partial charge in [0.05, 0.1) is 16.8 Å². The predicted molar refractivity (Wildman–Crippen MR) is 135 cm³/mol. The molecule has 3 aliphatic rings. The van der Waals surface area contributed by atoms with Crippen LogP contribution < -0.4 is 27.6 Å². The van der Waals surface area contributed by atoms with E-state index >= 15 is 0 Å². The summed E-state index contributed by atoms with van der Waals surface area (Å²) >= 11 is 0. The van der Waals surface area contributed by atoms with E-state index in [1.54, 1.807) is 11.5 Å². The fourth-order valence-corrected chi connectivity index (χ4v) is 5.57. The molecule has 2 fully saturated rings. The minimum atomic E-state index is -3.05. The van der Waals surface area contributed by atoms with E-state index in [1.807, 2.05) is 0 Å². The van der Waals surface area contributed by atoms with E-state index < -0.39 is 47.7 Å². The Kier molecular flexibility index (Phi) is 6.87. The number of halogens is 3. The number of alkyl halides is 2. The van der Waals surface area contributed by atoms with Gasteiger partial charge in [-0.2, -0.15) is 0 Å². The average Bonchev–Trinajstić information content (AvgIpc) is 3.44. The van der Waals surface area contributed by atoms with Crippen LogP contribution in [0.15, 0.2) is 49.3 Å². The lowest BCUT2D eigenvalue weighted by atomic mass is 9.71. The molecule has 202 valence electrons. The first-order chi connectivity index (χ1) is 18.0. The summed E-state index contributed by atoms with van der Waals surface area (Å²) in [6.45, 7) is 7.57. The SMILES string of the molecule is C=C.Cc1c(C(=O)C(=O)NC2(/C(=C/N)NN)CC(F)(F)C2)c2n(c1C(=O)Nc1ccc(F)cc1)C1CC1C2. The minimum absolute atomic E-state index is 0.0333. The number of nitrogens with zero attached hydrogens (tertiary/aromatic N) is 1. The number of hydrazine groups is 1. The van der Waals surface area contributed by atoms with Gasteiger partial charge in [0.25, 0.3) is 23.5 Å². The summed E-state index contributed by atoms with van der Waals surface area (Å²) in [5, 5.41) is 5.11. The number of ketones is 1. The van der Waals surface area contributed by atoms with Gasteiger partial charge in [-0.3, -0.25) is 20.2 Å². The number of Topliss-reactive ketones (excluding diaryl/α,β-unsaturated/α-hetero) is 1. The first-order valence-corrected chi connectivity index (χ1v) is 11.9. The number of aromatic nitrogens is 1. The lowest BCUT2D eigenvalue weighted by molar-refractivity contribution is -0.138. The van der Waals surface area contributed by atoms with Gasteiger partial charge in [-0.15, -0.1) is 13.2 Å². The van der Waals surface area contributed by atoms with Crippen molar-refractivity contribution in [3.63, 3.8) is 0 Å². The van der Waals surface area contributed by atoms with Gasteiger partial charge < -0.3 is 26.4 Å². The molecule has 38 heavy (non-hydrogen) atoms. The van der Waals surface area contributed by atoms with E-state index in [2.05, 4.69) is 29.2 Å². The van der Waals surface area contributed by atoms with Gasteiger partial charge in [0.2, 0.25) is 0 Å². The molecular weight excluding hydrogens is 501 g/mol. The third-order valence-corrected chi connectivity index (χ3v) is 7.28. The Morgan fingerprint density at radius 3 is 2.34 bits per heavy atom. The van der Waals surface area contributed by atoms with E-state index in [9.17, 15) is 27.6 Å². The van der Waals surface area contributed by atoms with Crippen LogP contribution in [0.5, 0.6) is 0 Å². The minimum Gasteiger partial charge on any atom is -0.403 e. The van der Waals surface area contributed by atoms with E-state index in [4.69, 9.17) is 11.6 Å². The number of rotatable bonds is 7. The molecule has 1 aliphatic heterocycles. The van der Waals surface area contributed by atoms with E-state index in [-0.39, 0.29) is 28.9 Å². The largest absolute Gasteiger partial charge is 0.403 e. The van der Waals surface area contributed by atoms with Crippen LogP contribution >= 0.6 is 0 Å². The van der Waals surface area contributed by atoms with Crippen molar-refractivity contribution in [2.75, 3.05) is 5.32 Å². The molecule has 0 saturated heterocycles. The Balaban J connectivity index is 0.00000164. The highest BCUT2D eigenvalue weighted by molar-refractivity contribution is 6.44. The molecule has 0 spiro atoms. The van der Waals surface area contributed by atoms with E-state index in [1.165, 1.54) is 24.3 Å². The van der Waals surface area contributed by atoms with Crippen LogP contribution in [0.3, 0.4) is 0 Å². The van der Waals surface area contributed by atoms with Crippen molar-refractivity contribution in [3.8, 4) is 0 Å². The van der Waals surface area contributed by atoms with Crippen molar-refractivity contribution in [2.45, 2.75) is 50.1 Å². The zero-order valence-corrected chi connectivity index (χ0v) is 20.7. The molecule has 1 aromatic heterocycles. The van der Waals surface area contributed by atoms with Gasteiger partial charge in [0.15, 0.2) is 0 Å². The maximum absolute atomic E-state index is 13.8. The van der Waals surface area contributed by atoms with E-state index in [0.29, 0.717) is 23.4 Å². The third kappa shape index (κ3) is 4.44. The van der Waals surface area contributed by atoms with E-state index in [0.717, 1.165) is 12.6 Å². The molecule has 9 nitrogen and oxygen atoms in total. The number of hydrogen-bond donors (Lipinski definition) is 5. The second-order valence-electron chi connectivity index (χ2n) is 9.69. The van der Waals surface area contributed by atoms with Crippen molar-refractivity contribution in [1.29, 1.82) is 0 Å².